The van der Waals surface area contributed by atoms with E-state index in [1.165, 1.54) is 11.0 Å². The highest BCUT2D eigenvalue weighted by Gasteiger charge is 2.38. The molecule has 0 radical (unpaired) electrons. The summed E-state index contributed by atoms with van der Waals surface area (Å²) in [6.45, 7) is 1.11. The number of β-amino-alcohol motifs (C(OH)–C–C–N with tert-alkyl or cyclic N) is 1. The second-order valence-electron chi connectivity index (χ2n) is 7.65. The lowest BCUT2D eigenvalue weighted by atomic mass is 10.1. The van der Waals surface area contributed by atoms with Crippen LogP contribution in [0.1, 0.15) is 12.0 Å². The molecular weight excluding hydrogens is 412 g/mol. The summed E-state index contributed by atoms with van der Waals surface area (Å²) in [5, 5.41) is 12.9. The van der Waals surface area contributed by atoms with Crippen molar-refractivity contribution in [2.75, 3.05) is 36.5 Å². The molecule has 2 aliphatic rings. The minimum atomic E-state index is -0.781. The Labute approximate surface area is 185 Å². The molecule has 32 heavy (non-hydrogen) atoms. The molecule has 9 heteroatoms. The molecule has 2 atom stereocenters. The molecule has 2 aliphatic heterocycles. The average Bonchev–Trinajstić information content (AvgIpc) is 3.21. The third-order valence-electron chi connectivity index (χ3n) is 5.40. The highest BCUT2D eigenvalue weighted by molar-refractivity contribution is 6.01. The zero-order valence-electron chi connectivity index (χ0n) is 17.4. The van der Waals surface area contributed by atoms with Gasteiger partial charge in [0.1, 0.15) is 12.6 Å². The number of morpholine rings is 1. The van der Waals surface area contributed by atoms with Crippen LogP contribution >= 0.6 is 0 Å². The molecule has 1 aromatic heterocycles. The van der Waals surface area contributed by atoms with Gasteiger partial charge in [-0.15, -0.1) is 0 Å². The van der Waals surface area contributed by atoms with Crippen molar-refractivity contribution in [3.8, 4) is 0 Å². The molecule has 166 valence electrons. The number of nitrogens with zero attached hydrogens (tertiary/aromatic N) is 3. The van der Waals surface area contributed by atoms with Crippen LogP contribution in [0.2, 0.25) is 0 Å². The standard InChI is InChI=1S/C23H24N4O5/c28-19-12-20(27(14-19)21(29)8-3-16-2-1-9-24-13-16)23(31)25-17-4-6-18(7-5-17)26-10-11-32-15-22(26)30/h1-9,13,19-20,28H,10-12,14-15H2,(H,25,31)/b8-3+/t19-,20-/m1/s1. The molecule has 0 saturated carbocycles. The van der Waals surface area contributed by atoms with E-state index in [2.05, 4.69) is 10.3 Å². The summed E-state index contributed by atoms with van der Waals surface area (Å²) >= 11 is 0. The van der Waals surface area contributed by atoms with Crippen molar-refractivity contribution >= 4 is 35.2 Å². The first-order valence-electron chi connectivity index (χ1n) is 10.4. The Kier molecular flexibility index (Phi) is 6.58. The second kappa shape index (κ2) is 9.71. The van der Waals surface area contributed by atoms with Gasteiger partial charge in [-0.05, 0) is 42.0 Å². The van der Waals surface area contributed by atoms with E-state index in [9.17, 15) is 19.5 Å². The lowest BCUT2D eigenvalue weighted by Gasteiger charge is -2.27. The maximum atomic E-state index is 12.9. The van der Waals surface area contributed by atoms with E-state index in [4.69, 9.17) is 4.74 Å². The predicted octanol–water partition coefficient (Wildman–Crippen LogP) is 1.06. The van der Waals surface area contributed by atoms with Crippen molar-refractivity contribution in [1.82, 2.24) is 9.88 Å². The number of ether oxygens (including phenoxy) is 1. The van der Waals surface area contributed by atoms with Crippen LogP contribution in [-0.4, -0.2) is 71.2 Å². The van der Waals surface area contributed by atoms with Crippen LogP contribution in [0, 0.1) is 0 Å². The zero-order valence-corrected chi connectivity index (χ0v) is 17.4. The number of rotatable bonds is 5. The number of benzene rings is 1. The maximum absolute atomic E-state index is 12.9. The van der Waals surface area contributed by atoms with E-state index in [0.717, 1.165) is 11.3 Å². The van der Waals surface area contributed by atoms with Gasteiger partial charge in [0.2, 0.25) is 11.8 Å². The minimum absolute atomic E-state index is 0.0571. The maximum Gasteiger partial charge on any atom is 0.253 e. The van der Waals surface area contributed by atoms with Gasteiger partial charge in [-0.3, -0.25) is 19.4 Å². The van der Waals surface area contributed by atoms with Crippen LogP contribution in [0.3, 0.4) is 0 Å². The number of hydrogen-bond acceptors (Lipinski definition) is 6. The molecule has 0 aliphatic carbocycles. The molecule has 2 N–H and O–H groups in total. The van der Waals surface area contributed by atoms with Gasteiger partial charge in [0, 0.05) is 49.4 Å². The molecule has 3 heterocycles. The number of nitrogens with one attached hydrogen (secondary N) is 1. The van der Waals surface area contributed by atoms with Gasteiger partial charge in [0.05, 0.1) is 12.7 Å². The van der Waals surface area contributed by atoms with E-state index < -0.39 is 12.1 Å². The van der Waals surface area contributed by atoms with Gasteiger partial charge in [-0.1, -0.05) is 6.07 Å². The summed E-state index contributed by atoms with van der Waals surface area (Å²) in [4.78, 5) is 44.5. The lowest BCUT2D eigenvalue weighted by Crippen LogP contribution is -2.42. The Balaban J connectivity index is 1.40. The number of carbonyl (C=O) groups excluding carboxylic acids is 3. The second-order valence-corrected chi connectivity index (χ2v) is 7.65. The van der Waals surface area contributed by atoms with E-state index >= 15 is 0 Å². The van der Waals surface area contributed by atoms with Crippen molar-refractivity contribution < 1.29 is 24.2 Å². The molecule has 1 aromatic carbocycles. The molecule has 0 bridgehead atoms. The van der Waals surface area contributed by atoms with Crippen LogP contribution in [0.25, 0.3) is 6.08 Å². The number of anilines is 2. The van der Waals surface area contributed by atoms with Crippen LogP contribution < -0.4 is 10.2 Å². The number of hydrogen-bond donors (Lipinski definition) is 2. The minimum Gasteiger partial charge on any atom is -0.391 e. The summed E-state index contributed by atoms with van der Waals surface area (Å²) in [6.07, 6.45) is 5.67. The number of likely N-dealkylation sites (tertiary alicyclic amines) is 1. The largest absolute Gasteiger partial charge is 0.391 e. The molecule has 4 rings (SSSR count). The van der Waals surface area contributed by atoms with Gasteiger partial charge >= 0.3 is 0 Å². The monoisotopic (exact) mass is 436 g/mol. The van der Waals surface area contributed by atoms with Gasteiger partial charge in [0.25, 0.3) is 5.91 Å². The molecule has 2 saturated heterocycles. The van der Waals surface area contributed by atoms with Gasteiger partial charge in [-0.25, -0.2) is 0 Å². The lowest BCUT2D eigenvalue weighted by molar-refractivity contribution is -0.132. The molecule has 0 spiro atoms. The first-order valence-corrected chi connectivity index (χ1v) is 10.4. The smallest absolute Gasteiger partial charge is 0.253 e. The number of pyridine rings is 1. The normalized spacial score (nSPS) is 21.2. The zero-order chi connectivity index (χ0) is 22.5. The Morgan fingerprint density at radius 3 is 2.75 bits per heavy atom. The van der Waals surface area contributed by atoms with Crippen LogP contribution in [-0.2, 0) is 19.1 Å². The summed E-state index contributed by atoms with van der Waals surface area (Å²) in [5.74, 6) is -0.840. The van der Waals surface area contributed by atoms with Gasteiger partial charge < -0.3 is 25.0 Å². The molecular formula is C23H24N4O5. The Bertz CT molecular complexity index is 1010. The Hall–Kier alpha value is -3.56. The molecule has 2 aromatic rings. The number of carbonyl (C=O) groups is 3. The fourth-order valence-electron chi connectivity index (χ4n) is 3.79. The number of aliphatic hydroxyl groups excluding tert-OH is 1. The van der Waals surface area contributed by atoms with Crippen LogP contribution in [0.5, 0.6) is 0 Å². The van der Waals surface area contributed by atoms with Gasteiger partial charge in [-0.2, -0.15) is 0 Å². The van der Waals surface area contributed by atoms with Crippen LogP contribution in [0.4, 0.5) is 11.4 Å². The number of amides is 3. The highest BCUT2D eigenvalue weighted by Crippen LogP contribution is 2.23. The van der Waals surface area contributed by atoms with Crippen molar-refractivity contribution in [1.29, 1.82) is 0 Å². The van der Waals surface area contributed by atoms with Crippen molar-refractivity contribution in [3.63, 3.8) is 0 Å². The number of aromatic nitrogens is 1. The molecule has 3 amide bonds. The molecule has 2 fully saturated rings. The van der Waals surface area contributed by atoms with Crippen LogP contribution in [0.15, 0.2) is 54.9 Å². The van der Waals surface area contributed by atoms with E-state index in [0.29, 0.717) is 18.8 Å². The summed E-state index contributed by atoms with van der Waals surface area (Å²) in [7, 11) is 0. The third kappa shape index (κ3) is 5.01. The quantitative estimate of drug-likeness (QED) is 0.678. The highest BCUT2D eigenvalue weighted by atomic mass is 16.5. The Morgan fingerprint density at radius 2 is 2.03 bits per heavy atom. The average molecular weight is 436 g/mol. The molecule has 9 nitrogen and oxygen atoms in total. The first kappa shape index (κ1) is 21.7. The topological polar surface area (TPSA) is 112 Å². The first-order chi connectivity index (χ1) is 15.5. The third-order valence-corrected chi connectivity index (χ3v) is 5.40. The van der Waals surface area contributed by atoms with Crippen molar-refractivity contribution in [3.05, 3.63) is 60.4 Å². The van der Waals surface area contributed by atoms with Crippen molar-refractivity contribution in [2.24, 2.45) is 0 Å². The predicted molar refractivity (Wildman–Crippen MR) is 118 cm³/mol. The fourth-order valence-corrected chi connectivity index (χ4v) is 3.79. The summed E-state index contributed by atoms with van der Waals surface area (Å²) < 4.78 is 5.14. The van der Waals surface area contributed by atoms with Gasteiger partial charge in [0.15, 0.2) is 0 Å². The summed E-state index contributed by atoms with van der Waals surface area (Å²) in [5.41, 5.74) is 2.03. The summed E-state index contributed by atoms with van der Waals surface area (Å²) in [6, 6.07) is 9.71. The number of aliphatic hydroxyl groups is 1. The van der Waals surface area contributed by atoms with Crippen molar-refractivity contribution in [2.45, 2.75) is 18.6 Å². The van der Waals surface area contributed by atoms with E-state index in [1.54, 1.807) is 53.7 Å². The molecule has 0 unspecified atom stereocenters. The Morgan fingerprint density at radius 1 is 1.22 bits per heavy atom. The van der Waals surface area contributed by atoms with E-state index in [-0.39, 0.29) is 37.3 Å². The SMILES string of the molecule is O=C(Nc1ccc(N2CCOCC2=O)cc1)[C@H]1C[C@@H](O)CN1C(=O)/C=C/c1cccnc1. The van der Waals surface area contributed by atoms with E-state index in [1.807, 2.05) is 6.07 Å². The fraction of sp³-hybridized carbons (Fsp3) is 0.304.